The molecule has 0 aromatic carbocycles. The average molecular weight is 264 g/mol. The Morgan fingerprint density at radius 2 is 0.889 bits per heavy atom. The van der Waals surface area contributed by atoms with E-state index in [4.69, 9.17) is 20.4 Å². The van der Waals surface area contributed by atoms with E-state index in [2.05, 4.69) is 13.8 Å². The highest BCUT2D eigenvalue weighted by atomic mass is 16.5. The van der Waals surface area contributed by atoms with Crippen LogP contribution in [0.4, 0.5) is 0 Å². The quantitative estimate of drug-likeness (QED) is 0.361. The number of rotatable bonds is 10. The Hall–Kier alpha value is -0.160. The molecule has 0 fully saturated rings. The van der Waals surface area contributed by atoms with E-state index in [1.807, 2.05) is 0 Å². The summed E-state index contributed by atoms with van der Waals surface area (Å²) >= 11 is 0. The summed E-state index contributed by atoms with van der Waals surface area (Å²) in [6, 6.07) is 0. The molecular formula is C14H32O4. The molecule has 4 nitrogen and oxygen atoms in total. The number of hydrogen-bond donors (Lipinski definition) is 4. The van der Waals surface area contributed by atoms with Gasteiger partial charge >= 0.3 is 0 Å². The number of aliphatic hydroxyl groups is 4. The SMILES string of the molecule is CCCCCC(O)O.CCCCCCCC(O)O. The highest BCUT2D eigenvalue weighted by Gasteiger charge is 1.95. The first-order valence-corrected chi connectivity index (χ1v) is 7.26. The standard InChI is InChI=1S/C8H18O2.C6H14O2/c1-2-3-4-5-6-7-8(9)10;1-2-3-4-5-6(7)8/h8-10H,2-7H2,1H3;6-8H,2-5H2,1H3. The van der Waals surface area contributed by atoms with Crippen LogP contribution in [0.2, 0.25) is 0 Å². The van der Waals surface area contributed by atoms with Crippen LogP contribution >= 0.6 is 0 Å². The highest BCUT2D eigenvalue weighted by Crippen LogP contribution is 2.05. The van der Waals surface area contributed by atoms with Gasteiger partial charge in [-0.3, -0.25) is 0 Å². The summed E-state index contributed by atoms with van der Waals surface area (Å²) in [4.78, 5) is 0. The van der Waals surface area contributed by atoms with Crippen LogP contribution in [0.1, 0.15) is 78.1 Å². The maximum absolute atomic E-state index is 8.46. The summed E-state index contributed by atoms with van der Waals surface area (Å²) in [6.45, 7) is 4.25. The van der Waals surface area contributed by atoms with Gasteiger partial charge in [0.1, 0.15) is 0 Å². The lowest BCUT2D eigenvalue weighted by Crippen LogP contribution is -2.02. The van der Waals surface area contributed by atoms with Gasteiger partial charge in [-0.25, -0.2) is 0 Å². The third kappa shape index (κ3) is 24.9. The molecule has 0 radical (unpaired) electrons. The Kier molecular flexibility index (Phi) is 18.9. The van der Waals surface area contributed by atoms with Gasteiger partial charge in [-0.15, -0.1) is 0 Å². The molecule has 18 heavy (non-hydrogen) atoms. The lowest BCUT2D eigenvalue weighted by Gasteiger charge is -2.01. The van der Waals surface area contributed by atoms with Crippen LogP contribution < -0.4 is 0 Å². The second-order valence-corrected chi connectivity index (χ2v) is 4.66. The highest BCUT2D eigenvalue weighted by molar-refractivity contribution is 4.44. The van der Waals surface area contributed by atoms with Crippen LogP contribution in [-0.2, 0) is 0 Å². The topological polar surface area (TPSA) is 80.9 Å². The van der Waals surface area contributed by atoms with Crippen molar-refractivity contribution in [1.29, 1.82) is 0 Å². The Morgan fingerprint density at radius 3 is 1.28 bits per heavy atom. The number of aliphatic hydroxyl groups excluding tert-OH is 2. The third-order valence-corrected chi connectivity index (χ3v) is 2.63. The van der Waals surface area contributed by atoms with Gasteiger partial charge in [0.15, 0.2) is 12.6 Å². The Balaban J connectivity index is 0. The van der Waals surface area contributed by atoms with E-state index in [1.54, 1.807) is 0 Å². The zero-order valence-electron chi connectivity index (χ0n) is 12.0. The zero-order valence-corrected chi connectivity index (χ0v) is 12.0. The van der Waals surface area contributed by atoms with Gasteiger partial charge in [0.05, 0.1) is 0 Å². The fourth-order valence-electron chi connectivity index (χ4n) is 1.51. The van der Waals surface area contributed by atoms with E-state index in [9.17, 15) is 0 Å². The first-order chi connectivity index (χ1) is 8.54. The Morgan fingerprint density at radius 1 is 0.556 bits per heavy atom. The summed E-state index contributed by atoms with van der Waals surface area (Å²) in [5.74, 6) is 0. The van der Waals surface area contributed by atoms with Crippen LogP contribution in [0.5, 0.6) is 0 Å². The van der Waals surface area contributed by atoms with Crippen LogP contribution in [0.3, 0.4) is 0 Å². The first kappa shape index (κ1) is 20.2. The monoisotopic (exact) mass is 264 g/mol. The molecule has 4 N–H and O–H groups in total. The molecule has 0 heterocycles. The molecule has 0 aromatic rings. The van der Waals surface area contributed by atoms with Gasteiger partial charge in [0.2, 0.25) is 0 Å². The van der Waals surface area contributed by atoms with Crippen molar-refractivity contribution in [2.45, 2.75) is 90.6 Å². The number of unbranched alkanes of at least 4 members (excludes halogenated alkanes) is 6. The van der Waals surface area contributed by atoms with E-state index in [1.165, 1.54) is 19.3 Å². The molecule has 0 unspecified atom stereocenters. The van der Waals surface area contributed by atoms with Crippen molar-refractivity contribution < 1.29 is 20.4 Å². The van der Waals surface area contributed by atoms with Crippen molar-refractivity contribution in [3.63, 3.8) is 0 Å². The summed E-state index contributed by atoms with van der Waals surface area (Å²) in [6.07, 6.45) is 7.81. The van der Waals surface area contributed by atoms with Gasteiger partial charge < -0.3 is 20.4 Å². The van der Waals surface area contributed by atoms with Crippen molar-refractivity contribution in [3.05, 3.63) is 0 Å². The van der Waals surface area contributed by atoms with Gasteiger partial charge in [-0.1, -0.05) is 52.4 Å². The molecule has 0 aliphatic heterocycles. The summed E-state index contributed by atoms with van der Waals surface area (Å²) in [5.41, 5.74) is 0. The van der Waals surface area contributed by atoms with Crippen LogP contribution in [-0.4, -0.2) is 33.0 Å². The largest absolute Gasteiger partial charge is 0.368 e. The molecule has 0 saturated carbocycles. The fourth-order valence-corrected chi connectivity index (χ4v) is 1.51. The predicted molar refractivity (Wildman–Crippen MR) is 74.0 cm³/mol. The Labute approximate surface area is 112 Å². The van der Waals surface area contributed by atoms with E-state index in [0.29, 0.717) is 12.8 Å². The second kappa shape index (κ2) is 16.8. The van der Waals surface area contributed by atoms with E-state index in [-0.39, 0.29) is 0 Å². The molecule has 0 aliphatic rings. The molecule has 0 spiro atoms. The molecule has 0 bridgehead atoms. The molecule has 0 amide bonds. The van der Waals surface area contributed by atoms with Crippen LogP contribution in [0.25, 0.3) is 0 Å². The van der Waals surface area contributed by atoms with Crippen molar-refractivity contribution >= 4 is 0 Å². The van der Waals surface area contributed by atoms with E-state index >= 15 is 0 Å². The molecule has 0 atom stereocenters. The van der Waals surface area contributed by atoms with Gasteiger partial charge in [0.25, 0.3) is 0 Å². The first-order valence-electron chi connectivity index (χ1n) is 7.26. The summed E-state index contributed by atoms with van der Waals surface area (Å²) < 4.78 is 0. The van der Waals surface area contributed by atoms with Crippen LogP contribution in [0.15, 0.2) is 0 Å². The average Bonchev–Trinajstić information content (AvgIpc) is 2.29. The predicted octanol–water partition coefficient (Wildman–Crippen LogP) is 2.54. The van der Waals surface area contributed by atoms with Crippen LogP contribution in [0, 0.1) is 0 Å². The lowest BCUT2D eigenvalue weighted by molar-refractivity contribution is -0.0472. The van der Waals surface area contributed by atoms with E-state index < -0.39 is 12.6 Å². The minimum Gasteiger partial charge on any atom is -0.368 e. The Bertz CT molecular complexity index is 138. The number of hydrogen-bond acceptors (Lipinski definition) is 4. The second-order valence-electron chi connectivity index (χ2n) is 4.66. The molecule has 0 saturated heterocycles. The zero-order chi connectivity index (χ0) is 14.2. The van der Waals surface area contributed by atoms with Crippen molar-refractivity contribution in [2.75, 3.05) is 0 Å². The molecule has 0 aliphatic carbocycles. The summed E-state index contributed by atoms with van der Waals surface area (Å²) in [7, 11) is 0. The fraction of sp³-hybridized carbons (Fsp3) is 1.00. The molecule has 0 rings (SSSR count). The normalized spacial score (nSPS) is 10.7. The maximum atomic E-state index is 8.46. The molecule has 4 heteroatoms. The molecule has 0 aromatic heterocycles. The minimum atomic E-state index is -1.10. The summed E-state index contributed by atoms with van der Waals surface area (Å²) in [5, 5.41) is 33.6. The molecular weight excluding hydrogens is 232 g/mol. The van der Waals surface area contributed by atoms with Gasteiger partial charge in [-0.05, 0) is 25.7 Å². The van der Waals surface area contributed by atoms with Crippen molar-refractivity contribution in [2.24, 2.45) is 0 Å². The van der Waals surface area contributed by atoms with Crippen molar-refractivity contribution in [1.82, 2.24) is 0 Å². The minimum absolute atomic E-state index is 0.522. The third-order valence-electron chi connectivity index (χ3n) is 2.63. The van der Waals surface area contributed by atoms with E-state index in [0.717, 1.165) is 32.1 Å². The molecule has 112 valence electrons. The maximum Gasteiger partial charge on any atom is 0.151 e. The lowest BCUT2D eigenvalue weighted by atomic mass is 10.1. The van der Waals surface area contributed by atoms with Gasteiger partial charge in [-0.2, -0.15) is 0 Å². The smallest absolute Gasteiger partial charge is 0.151 e. The van der Waals surface area contributed by atoms with Gasteiger partial charge in [0, 0.05) is 0 Å². The van der Waals surface area contributed by atoms with Crippen molar-refractivity contribution in [3.8, 4) is 0 Å².